The van der Waals surface area contributed by atoms with Crippen LogP contribution >= 0.6 is 0 Å². The number of hydrogen-bond acceptors (Lipinski definition) is 2. The number of likely N-dealkylation sites (N-methyl/N-ethyl adjacent to an activating group) is 1. The van der Waals surface area contributed by atoms with E-state index in [2.05, 4.69) is 34.9 Å². The van der Waals surface area contributed by atoms with Crippen LogP contribution in [0.3, 0.4) is 0 Å². The lowest BCUT2D eigenvalue weighted by molar-refractivity contribution is 0.594. The summed E-state index contributed by atoms with van der Waals surface area (Å²) in [7, 11) is 2.01. The van der Waals surface area contributed by atoms with Crippen LogP contribution in [-0.4, -0.2) is 19.6 Å². The highest BCUT2D eigenvalue weighted by Gasteiger charge is 2.13. The van der Waals surface area contributed by atoms with Gasteiger partial charge in [0.05, 0.1) is 0 Å². The first-order valence-corrected chi connectivity index (χ1v) is 5.39. The van der Waals surface area contributed by atoms with Gasteiger partial charge in [-0.3, -0.25) is 0 Å². The molecule has 1 aromatic carbocycles. The largest absolute Gasteiger partial charge is 0.381 e. The van der Waals surface area contributed by atoms with Crippen molar-refractivity contribution in [2.45, 2.75) is 25.3 Å². The van der Waals surface area contributed by atoms with Crippen LogP contribution in [0.4, 0.5) is 5.69 Å². The van der Waals surface area contributed by atoms with Crippen molar-refractivity contribution in [1.82, 2.24) is 5.32 Å². The van der Waals surface area contributed by atoms with Crippen LogP contribution in [0.25, 0.3) is 0 Å². The van der Waals surface area contributed by atoms with Crippen molar-refractivity contribution in [3.8, 4) is 0 Å². The number of rotatable bonds is 2. The van der Waals surface area contributed by atoms with Gasteiger partial charge in [0.15, 0.2) is 0 Å². The van der Waals surface area contributed by atoms with Crippen molar-refractivity contribution in [3.63, 3.8) is 0 Å². The van der Waals surface area contributed by atoms with E-state index in [4.69, 9.17) is 0 Å². The molecule has 14 heavy (non-hydrogen) atoms. The van der Waals surface area contributed by atoms with Crippen molar-refractivity contribution in [3.05, 3.63) is 29.8 Å². The van der Waals surface area contributed by atoms with Crippen LogP contribution in [-0.2, 0) is 6.42 Å². The van der Waals surface area contributed by atoms with Crippen LogP contribution in [0.5, 0.6) is 0 Å². The summed E-state index contributed by atoms with van der Waals surface area (Å²) in [6.45, 7) is 1.05. The van der Waals surface area contributed by atoms with Gasteiger partial charge in [0, 0.05) is 18.3 Å². The third-order valence-corrected chi connectivity index (χ3v) is 2.83. The molecule has 2 heteroatoms. The highest BCUT2D eigenvalue weighted by Crippen LogP contribution is 2.23. The fraction of sp³-hybridized carbons (Fsp3) is 0.500. The van der Waals surface area contributed by atoms with E-state index >= 15 is 0 Å². The first kappa shape index (κ1) is 9.53. The quantitative estimate of drug-likeness (QED) is 0.745. The van der Waals surface area contributed by atoms with Crippen molar-refractivity contribution in [1.29, 1.82) is 0 Å². The standard InChI is InChI=1S/C12H18N2/c1-13-9-11-7-4-6-10-5-2-3-8-12(10)14-11/h2-3,5,8,11,13-14H,4,6-7,9H2,1H3. The van der Waals surface area contributed by atoms with E-state index in [0.29, 0.717) is 6.04 Å². The maximum atomic E-state index is 3.60. The third kappa shape index (κ3) is 2.07. The van der Waals surface area contributed by atoms with Gasteiger partial charge < -0.3 is 10.6 Å². The van der Waals surface area contributed by atoms with Gasteiger partial charge in [-0.2, -0.15) is 0 Å². The van der Waals surface area contributed by atoms with Gasteiger partial charge >= 0.3 is 0 Å². The summed E-state index contributed by atoms with van der Waals surface area (Å²) in [4.78, 5) is 0. The number of fused-ring (bicyclic) bond motifs is 1. The molecule has 2 nitrogen and oxygen atoms in total. The molecular weight excluding hydrogens is 172 g/mol. The van der Waals surface area contributed by atoms with Crippen molar-refractivity contribution in [2.24, 2.45) is 0 Å². The number of benzene rings is 1. The van der Waals surface area contributed by atoms with Crippen molar-refractivity contribution < 1.29 is 0 Å². The molecule has 1 atom stereocenters. The summed E-state index contributed by atoms with van der Waals surface area (Å²) in [5, 5.41) is 6.83. The molecular formula is C12H18N2. The summed E-state index contributed by atoms with van der Waals surface area (Å²) in [6.07, 6.45) is 3.76. The maximum Gasteiger partial charge on any atom is 0.0386 e. The minimum atomic E-state index is 0.587. The lowest BCUT2D eigenvalue weighted by Crippen LogP contribution is -2.30. The summed E-state index contributed by atoms with van der Waals surface area (Å²) < 4.78 is 0. The van der Waals surface area contributed by atoms with E-state index in [1.54, 1.807) is 0 Å². The first-order valence-electron chi connectivity index (χ1n) is 5.39. The van der Waals surface area contributed by atoms with Crippen LogP contribution in [0.2, 0.25) is 0 Å². The van der Waals surface area contributed by atoms with Gasteiger partial charge in [0.25, 0.3) is 0 Å². The average molecular weight is 190 g/mol. The molecule has 0 aromatic heterocycles. The highest BCUT2D eigenvalue weighted by atomic mass is 15.0. The minimum absolute atomic E-state index is 0.587. The van der Waals surface area contributed by atoms with E-state index in [0.717, 1.165) is 6.54 Å². The molecule has 0 saturated heterocycles. The Morgan fingerprint density at radius 2 is 2.29 bits per heavy atom. The van der Waals surface area contributed by atoms with Gasteiger partial charge in [-0.1, -0.05) is 18.2 Å². The Balaban J connectivity index is 2.14. The molecule has 1 unspecified atom stereocenters. The second kappa shape index (κ2) is 4.47. The Morgan fingerprint density at radius 1 is 1.43 bits per heavy atom. The lowest BCUT2D eigenvalue weighted by Gasteiger charge is -2.17. The van der Waals surface area contributed by atoms with Crippen LogP contribution in [0, 0.1) is 0 Å². The Hall–Kier alpha value is -1.02. The maximum absolute atomic E-state index is 3.60. The fourth-order valence-corrected chi connectivity index (χ4v) is 2.11. The third-order valence-electron chi connectivity index (χ3n) is 2.83. The summed E-state index contributed by atoms with van der Waals surface area (Å²) in [5.74, 6) is 0. The van der Waals surface area contributed by atoms with E-state index in [9.17, 15) is 0 Å². The predicted octanol–water partition coefficient (Wildman–Crippen LogP) is 2.02. The molecule has 0 fully saturated rings. The SMILES string of the molecule is CNCC1CCCc2ccccc2N1. The molecule has 1 heterocycles. The van der Waals surface area contributed by atoms with Crippen molar-refractivity contribution >= 4 is 5.69 Å². The smallest absolute Gasteiger partial charge is 0.0386 e. The van der Waals surface area contributed by atoms with Gasteiger partial charge in [-0.25, -0.2) is 0 Å². The van der Waals surface area contributed by atoms with Gasteiger partial charge in [0.1, 0.15) is 0 Å². The van der Waals surface area contributed by atoms with Gasteiger partial charge in [-0.15, -0.1) is 0 Å². The second-order valence-corrected chi connectivity index (χ2v) is 3.95. The number of para-hydroxylation sites is 1. The number of anilines is 1. The average Bonchev–Trinajstić information content (AvgIpc) is 2.40. The molecule has 0 amide bonds. The Labute approximate surface area is 85.7 Å². The normalized spacial score (nSPS) is 20.8. The van der Waals surface area contributed by atoms with Crippen molar-refractivity contribution in [2.75, 3.05) is 18.9 Å². The van der Waals surface area contributed by atoms with Crippen LogP contribution < -0.4 is 10.6 Å². The second-order valence-electron chi connectivity index (χ2n) is 3.95. The molecule has 1 aliphatic rings. The predicted molar refractivity (Wildman–Crippen MR) is 60.7 cm³/mol. The first-order chi connectivity index (χ1) is 6.90. The topological polar surface area (TPSA) is 24.1 Å². The molecule has 0 radical (unpaired) electrons. The molecule has 0 spiro atoms. The van der Waals surface area contributed by atoms with Gasteiger partial charge in [-0.05, 0) is 37.9 Å². The lowest BCUT2D eigenvalue weighted by atomic mass is 10.1. The molecule has 0 bridgehead atoms. The fourth-order valence-electron chi connectivity index (χ4n) is 2.11. The minimum Gasteiger partial charge on any atom is -0.381 e. The molecule has 0 aliphatic carbocycles. The Morgan fingerprint density at radius 3 is 3.14 bits per heavy atom. The molecule has 1 aliphatic heterocycles. The summed E-state index contributed by atoms with van der Waals surface area (Å²) in [6, 6.07) is 9.23. The Kier molecular flexibility index (Phi) is 3.04. The zero-order valence-electron chi connectivity index (χ0n) is 8.72. The zero-order valence-corrected chi connectivity index (χ0v) is 8.72. The van der Waals surface area contributed by atoms with E-state index in [1.807, 2.05) is 7.05 Å². The van der Waals surface area contributed by atoms with E-state index in [1.165, 1.54) is 30.5 Å². The molecule has 1 aromatic rings. The molecule has 2 N–H and O–H groups in total. The zero-order chi connectivity index (χ0) is 9.80. The Bertz CT molecular complexity index is 296. The number of aryl methyl sites for hydroxylation is 1. The molecule has 2 rings (SSSR count). The van der Waals surface area contributed by atoms with Gasteiger partial charge in [0.2, 0.25) is 0 Å². The number of hydrogen-bond donors (Lipinski definition) is 2. The highest BCUT2D eigenvalue weighted by molar-refractivity contribution is 5.52. The van der Waals surface area contributed by atoms with E-state index < -0.39 is 0 Å². The summed E-state index contributed by atoms with van der Waals surface area (Å²) >= 11 is 0. The van der Waals surface area contributed by atoms with E-state index in [-0.39, 0.29) is 0 Å². The molecule has 0 saturated carbocycles. The van der Waals surface area contributed by atoms with Crippen LogP contribution in [0.15, 0.2) is 24.3 Å². The summed E-state index contributed by atoms with van der Waals surface area (Å²) in [5.41, 5.74) is 2.79. The molecule has 76 valence electrons. The van der Waals surface area contributed by atoms with Crippen LogP contribution in [0.1, 0.15) is 18.4 Å². The number of nitrogens with one attached hydrogen (secondary N) is 2. The monoisotopic (exact) mass is 190 g/mol.